The maximum absolute atomic E-state index is 13.5. The van der Waals surface area contributed by atoms with Crippen LogP contribution < -0.4 is 9.62 Å². The molecule has 0 bridgehead atoms. The number of nitrogens with zero attached hydrogens (tertiary/aromatic N) is 1. The fourth-order valence-electron chi connectivity index (χ4n) is 3.62. The number of hydrogen-bond acceptors (Lipinski definition) is 3. The highest BCUT2D eigenvalue weighted by Gasteiger charge is 2.28. The lowest BCUT2D eigenvalue weighted by atomic mass is 10.1. The van der Waals surface area contributed by atoms with Gasteiger partial charge in [-0.05, 0) is 55.5 Å². The van der Waals surface area contributed by atoms with Gasteiger partial charge in [0.05, 0.1) is 10.6 Å². The molecule has 32 heavy (non-hydrogen) atoms. The van der Waals surface area contributed by atoms with Crippen LogP contribution in [-0.2, 0) is 27.7 Å². The van der Waals surface area contributed by atoms with Crippen LogP contribution in [0.2, 0.25) is 0 Å². The quantitative estimate of drug-likeness (QED) is 0.492. The van der Waals surface area contributed by atoms with E-state index in [1.54, 1.807) is 42.5 Å². The summed E-state index contributed by atoms with van der Waals surface area (Å²) >= 11 is 0. The number of para-hydroxylation sites is 1. The zero-order valence-corrected chi connectivity index (χ0v) is 19.4. The fraction of sp³-hybridized carbons (Fsp3) is 0.269. The molecule has 0 heterocycles. The standard InChI is InChI=1S/C26H30N2O3S/c1-3-23-14-10-11-17-25(23)28(32(30,31)24-15-8-5-9-16-24)20-26(29)27-21(2)18-19-22-12-6-4-7-13-22/h4-17,21H,3,18-20H2,1-2H3,(H,27,29)/t21-/m1/s1. The van der Waals surface area contributed by atoms with Gasteiger partial charge in [0, 0.05) is 6.04 Å². The molecule has 1 atom stereocenters. The topological polar surface area (TPSA) is 66.5 Å². The van der Waals surface area contributed by atoms with Gasteiger partial charge < -0.3 is 5.32 Å². The summed E-state index contributed by atoms with van der Waals surface area (Å²) < 4.78 is 28.2. The summed E-state index contributed by atoms with van der Waals surface area (Å²) in [6.07, 6.45) is 2.27. The summed E-state index contributed by atoms with van der Waals surface area (Å²) in [5, 5.41) is 2.97. The molecule has 0 aliphatic carbocycles. The van der Waals surface area contributed by atoms with Crippen molar-refractivity contribution in [3.8, 4) is 0 Å². The van der Waals surface area contributed by atoms with Crippen molar-refractivity contribution in [2.75, 3.05) is 10.8 Å². The molecule has 0 aromatic heterocycles. The lowest BCUT2D eigenvalue weighted by Crippen LogP contribution is -2.44. The predicted molar refractivity (Wildman–Crippen MR) is 129 cm³/mol. The van der Waals surface area contributed by atoms with Gasteiger partial charge in [-0.1, -0.05) is 73.7 Å². The smallest absolute Gasteiger partial charge is 0.264 e. The van der Waals surface area contributed by atoms with Crippen LogP contribution >= 0.6 is 0 Å². The molecular weight excluding hydrogens is 420 g/mol. The van der Waals surface area contributed by atoms with Crippen LogP contribution in [0.5, 0.6) is 0 Å². The molecule has 1 N–H and O–H groups in total. The van der Waals surface area contributed by atoms with Crippen molar-refractivity contribution < 1.29 is 13.2 Å². The van der Waals surface area contributed by atoms with Gasteiger partial charge in [-0.25, -0.2) is 8.42 Å². The van der Waals surface area contributed by atoms with Crippen molar-refractivity contribution in [3.63, 3.8) is 0 Å². The van der Waals surface area contributed by atoms with Gasteiger partial charge >= 0.3 is 0 Å². The number of carbonyl (C=O) groups is 1. The minimum Gasteiger partial charge on any atom is -0.352 e. The number of aryl methyl sites for hydroxylation is 2. The van der Waals surface area contributed by atoms with E-state index in [1.165, 1.54) is 9.87 Å². The largest absolute Gasteiger partial charge is 0.352 e. The Hall–Kier alpha value is -3.12. The average Bonchev–Trinajstić information content (AvgIpc) is 2.82. The zero-order valence-electron chi connectivity index (χ0n) is 18.6. The minimum atomic E-state index is -3.90. The van der Waals surface area contributed by atoms with Crippen molar-refractivity contribution >= 4 is 21.6 Å². The second kappa shape index (κ2) is 11.0. The average molecular weight is 451 g/mol. The van der Waals surface area contributed by atoms with Gasteiger partial charge in [0.15, 0.2) is 0 Å². The SMILES string of the molecule is CCc1ccccc1N(CC(=O)N[C@H](C)CCc1ccccc1)S(=O)(=O)c1ccccc1. The Balaban J connectivity index is 1.79. The van der Waals surface area contributed by atoms with Crippen LogP contribution in [0.1, 0.15) is 31.4 Å². The number of sulfonamides is 1. The van der Waals surface area contributed by atoms with Crippen LogP contribution in [0.4, 0.5) is 5.69 Å². The number of nitrogens with one attached hydrogen (secondary N) is 1. The van der Waals surface area contributed by atoms with Crippen LogP contribution in [0.25, 0.3) is 0 Å². The lowest BCUT2D eigenvalue weighted by molar-refractivity contribution is -0.120. The second-order valence-electron chi connectivity index (χ2n) is 7.80. The number of carbonyl (C=O) groups excluding carboxylic acids is 1. The Morgan fingerprint density at radius 1 is 0.906 bits per heavy atom. The first kappa shape index (κ1) is 23.5. The Bertz CT molecular complexity index is 1120. The van der Waals surface area contributed by atoms with E-state index in [0.717, 1.165) is 18.4 Å². The maximum atomic E-state index is 13.5. The van der Waals surface area contributed by atoms with Crippen molar-refractivity contribution in [3.05, 3.63) is 96.1 Å². The van der Waals surface area contributed by atoms with E-state index in [1.807, 2.05) is 44.2 Å². The molecule has 3 rings (SSSR count). The molecule has 3 aromatic carbocycles. The summed E-state index contributed by atoms with van der Waals surface area (Å²) in [6.45, 7) is 3.64. The van der Waals surface area contributed by atoms with Gasteiger partial charge in [-0.2, -0.15) is 0 Å². The van der Waals surface area contributed by atoms with Crippen molar-refractivity contribution in [1.82, 2.24) is 5.32 Å². The minimum absolute atomic E-state index is 0.0783. The van der Waals surface area contributed by atoms with Crippen molar-refractivity contribution in [2.45, 2.75) is 44.0 Å². The summed E-state index contributed by atoms with van der Waals surface area (Å²) in [5.41, 5.74) is 2.61. The normalized spacial score (nSPS) is 12.2. The lowest BCUT2D eigenvalue weighted by Gasteiger charge is -2.27. The van der Waals surface area contributed by atoms with E-state index < -0.39 is 10.0 Å². The Morgan fingerprint density at radius 3 is 2.16 bits per heavy atom. The molecule has 0 saturated heterocycles. The summed E-state index contributed by atoms with van der Waals surface area (Å²) in [5.74, 6) is -0.323. The Labute approximate surface area is 191 Å². The molecule has 5 nitrogen and oxygen atoms in total. The summed E-state index contributed by atoms with van der Waals surface area (Å²) in [6, 6.07) is 25.6. The maximum Gasteiger partial charge on any atom is 0.264 e. The first-order valence-corrected chi connectivity index (χ1v) is 12.3. The highest BCUT2D eigenvalue weighted by Crippen LogP contribution is 2.27. The van der Waals surface area contributed by atoms with Gasteiger partial charge in [0.1, 0.15) is 6.54 Å². The van der Waals surface area contributed by atoms with Crippen LogP contribution in [0.3, 0.4) is 0 Å². The third-order valence-electron chi connectivity index (χ3n) is 5.38. The van der Waals surface area contributed by atoms with E-state index in [0.29, 0.717) is 12.1 Å². The second-order valence-corrected chi connectivity index (χ2v) is 9.66. The van der Waals surface area contributed by atoms with E-state index in [4.69, 9.17) is 0 Å². The molecule has 0 spiro atoms. The third-order valence-corrected chi connectivity index (χ3v) is 7.15. The molecule has 0 radical (unpaired) electrons. The molecule has 1 amide bonds. The van der Waals surface area contributed by atoms with E-state index in [2.05, 4.69) is 17.4 Å². The van der Waals surface area contributed by atoms with Crippen LogP contribution in [0.15, 0.2) is 89.8 Å². The molecule has 0 aliphatic rings. The van der Waals surface area contributed by atoms with Gasteiger partial charge in [0.2, 0.25) is 5.91 Å². The summed E-state index contributed by atoms with van der Waals surface area (Å²) in [4.78, 5) is 13.1. The number of benzene rings is 3. The zero-order chi connectivity index (χ0) is 23.0. The molecule has 0 fully saturated rings. The highest BCUT2D eigenvalue weighted by atomic mass is 32.2. The number of amides is 1. The molecule has 3 aromatic rings. The van der Waals surface area contributed by atoms with Crippen molar-refractivity contribution in [1.29, 1.82) is 0 Å². The molecule has 168 valence electrons. The van der Waals surface area contributed by atoms with Crippen molar-refractivity contribution in [2.24, 2.45) is 0 Å². The molecule has 0 unspecified atom stereocenters. The third kappa shape index (κ3) is 5.98. The molecule has 0 aliphatic heterocycles. The van der Waals surface area contributed by atoms with Crippen LogP contribution in [-0.4, -0.2) is 26.9 Å². The van der Waals surface area contributed by atoms with Gasteiger partial charge in [0.25, 0.3) is 10.0 Å². The Morgan fingerprint density at radius 2 is 1.50 bits per heavy atom. The predicted octanol–water partition coefficient (Wildman–Crippen LogP) is 4.58. The van der Waals surface area contributed by atoms with Crippen LogP contribution in [0, 0.1) is 0 Å². The highest BCUT2D eigenvalue weighted by molar-refractivity contribution is 7.92. The number of anilines is 1. The number of rotatable bonds is 10. The fourth-order valence-corrected chi connectivity index (χ4v) is 5.10. The molecular formula is C26H30N2O3S. The van der Waals surface area contributed by atoms with E-state index in [-0.39, 0.29) is 23.4 Å². The Kier molecular flexibility index (Phi) is 8.06. The molecule has 0 saturated carbocycles. The first-order valence-electron chi connectivity index (χ1n) is 10.9. The van der Waals surface area contributed by atoms with E-state index >= 15 is 0 Å². The van der Waals surface area contributed by atoms with Gasteiger partial charge in [-0.15, -0.1) is 0 Å². The molecule has 6 heteroatoms. The summed E-state index contributed by atoms with van der Waals surface area (Å²) in [7, 11) is -3.90. The monoisotopic (exact) mass is 450 g/mol. The van der Waals surface area contributed by atoms with Gasteiger partial charge in [-0.3, -0.25) is 9.10 Å². The van der Waals surface area contributed by atoms with E-state index in [9.17, 15) is 13.2 Å². The first-order chi connectivity index (χ1) is 15.4. The number of hydrogen-bond donors (Lipinski definition) is 1.